The molecule has 1 aromatic heterocycles. The summed E-state index contributed by atoms with van der Waals surface area (Å²) in [6.07, 6.45) is 8.41. The van der Waals surface area contributed by atoms with Gasteiger partial charge in [0.15, 0.2) is 0 Å². The van der Waals surface area contributed by atoms with E-state index in [1.165, 1.54) is 71.4 Å². The average molecular weight is 427 g/mol. The maximum atomic E-state index is 6.72. The van der Waals surface area contributed by atoms with Crippen LogP contribution in [0.5, 0.6) is 0 Å². The van der Waals surface area contributed by atoms with Crippen molar-refractivity contribution < 1.29 is 9.31 Å². The van der Waals surface area contributed by atoms with Gasteiger partial charge in [0.25, 0.3) is 0 Å². The highest BCUT2D eigenvalue weighted by Gasteiger charge is 2.56. The third kappa shape index (κ3) is 2.57. The Bertz CT molecular complexity index is 1190. The van der Waals surface area contributed by atoms with Gasteiger partial charge in [-0.1, -0.05) is 30.3 Å². The highest BCUT2D eigenvalue weighted by molar-refractivity contribution is 6.66. The van der Waals surface area contributed by atoms with E-state index in [2.05, 4.69) is 69.1 Å². The summed E-state index contributed by atoms with van der Waals surface area (Å²) >= 11 is 0. The van der Waals surface area contributed by atoms with E-state index in [9.17, 15) is 0 Å². The van der Waals surface area contributed by atoms with E-state index in [0.717, 1.165) is 17.8 Å². The van der Waals surface area contributed by atoms with Crippen molar-refractivity contribution in [2.24, 2.45) is 17.8 Å². The zero-order valence-corrected chi connectivity index (χ0v) is 19.8. The molecule has 1 N–H and O–H groups in total. The first kappa shape index (κ1) is 19.7. The molecule has 0 amide bonds. The molecule has 3 nitrogen and oxygen atoms in total. The Hall–Kier alpha value is -1.78. The Kier molecular flexibility index (Phi) is 3.82. The van der Waals surface area contributed by atoms with Crippen LogP contribution in [0.2, 0.25) is 0 Å². The zero-order valence-electron chi connectivity index (χ0n) is 19.8. The number of para-hydroxylation sites is 1. The lowest BCUT2D eigenvalue weighted by Gasteiger charge is -2.57. The summed E-state index contributed by atoms with van der Waals surface area (Å²) in [4.78, 5) is 3.79. The smallest absolute Gasteiger partial charge is 0.399 e. The standard InChI is InChI=1S/C28H34BNO2/c1-26(2)27(3,4)32-29(31-26)24-22(28-14-17-11-18(15-28)13-19(12-17)16-28)10-9-21-20-7-5-6-8-23(20)30-25(21)24/h5-10,17-19,30H,11-16H2,1-4H3. The van der Waals surface area contributed by atoms with Gasteiger partial charge in [0.2, 0.25) is 0 Å². The summed E-state index contributed by atoms with van der Waals surface area (Å²) in [5, 5.41) is 2.58. The number of nitrogens with one attached hydrogen (secondary N) is 1. The molecule has 0 radical (unpaired) electrons. The number of aromatic amines is 1. The second-order valence-corrected chi connectivity index (χ2v) is 12.4. The predicted octanol–water partition coefficient (Wildman–Crippen LogP) is 6.09. The number of hydrogen-bond donors (Lipinski definition) is 1. The lowest BCUT2D eigenvalue weighted by Crippen LogP contribution is -2.52. The molecule has 32 heavy (non-hydrogen) atoms. The molecule has 2 heterocycles. The third-order valence-electron chi connectivity index (χ3n) is 9.82. The zero-order chi connectivity index (χ0) is 21.9. The number of aromatic nitrogens is 1. The molecule has 8 rings (SSSR count). The first-order valence-electron chi connectivity index (χ1n) is 12.6. The molecule has 166 valence electrons. The average Bonchev–Trinajstić information content (AvgIpc) is 3.19. The molecule has 4 heteroatoms. The molecule has 0 spiro atoms. The molecule has 3 aromatic rings. The third-order valence-corrected chi connectivity index (χ3v) is 9.82. The number of rotatable bonds is 2. The molecular formula is C28H34BNO2. The van der Waals surface area contributed by atoms with Gasteiger partial charge in [-0.3, -0.25) is 0 Å². The summed E-state index contributed by atoms with van der Waals surface area (Å²) < 4.78 is 13.4. The van der Waals surface area contributed by atoms with Crippen LogP contribution in [0.3, 0.4) is 0 Å². The fourth-order valence-electron chi connectivity index (χ4n) is 8.05. The predicted molar refractivity (Wildman–Crippen MR) is 131 cm³/mol. The molecule has 5 aliphatic rings. The van der Waals surface area contributed by atoms with Crippen molar-refractivity contribution in [3.8, 4) is 0 Å². The minimum atomic E-state index is -0.343. The topological polar surface area (TPSA) is 34.2 Å². The highest BCUT2D eigenvalue weighted by Crippen LogP contribution is 2.60. The van der Waals surface area contributed by atoms with Gasteiger partial charge in [-0.15, -0.1) is 0 Å². The van der Waals surface area contributed by atoms with Crippen molar-refractivity contribution in [2.75, 3.05) is 0 Å². The van der Waals surface area contributed by atoms with Crippen LogP contribution in [0.25, 0.3) is 21.8 Å². The van der Waals surface area contributed by atoms with Gasteiger partial charge in [-0.2, -0.15) is 0 Å². The van der Waals surface area contributed by atoms with Crippen LogP contribution in [0, 0.1) is 17.8 Å². The van der Waals surface area contributed by atoms with E-state index in [1.807, 2.05) is 0 Å². The quantitative estimate of drug-likeness (QED) is 0.503. The van der Waals surface area contributed by atoms with Crippen molar-refractivity contribution in [1.29, 1.82) is 0 Å². The van der Waals surface area contributed by atoms with Crippen molar-refractivity contribution in [3.05, 3.63) is 42.0 Å². The van der Waals surface area contributed by atoms with E-state index < -0.39 is 0 Å². The van der Waals surface area contributed by atoms with E-state index in [4.69, 9.17) is 9.31 Å². The van der Waals surface area contributed by atoms with Crippen molar-refractivity contribution >= 4 is 34.4 Å². The summed E-state index contributed by atoms with van der Waals surface area (Å²) in [5.74, 6) is 2.72. The Labute approximate surface area is 191 Å². The van der Waals surface area contributed by atoms with Crippen LogP contribution in [-0.2, 0) is 14.7 Å². The number of benzene rings is 2. The molecule has 4 bridgehead atoms. The molecule has 0 unspecified atom stereocenters. The molecule has 4 aliphatic carbocycles. The van der Waals surface area contributed by atoms with Crippen LogP contribution < -0.4 is 5.46 Å². The van der Waals surface area contributed by atoms with Crippen molar-refractivity contribution in [1.82, 2.24) is 4.98 Å². The van der Waals surface area contributed by atoms with Gasteiger partial charge in [0.1, 0.15) is 0 Å². The van der Waals surface area contributed by atoms with Crippen LogP contribution in [0.4, 0.5) is 0 Å². The molecule has 2 aromatic carbocycles. The normalized spacial score (nSPS) is 34.8. The largest absolute Gasteiger partial charge is 0.497 e. The molecule has 5 fully saturated rings. The van der Waals surface area contributed by atoms with Crippen LogP contribution in [0.15, 0.2) is 36.4 Å². The van der Waals surface area contributed by atoms with E-state index in [0.29, 0.717) is 5.41 Å². The lowest BCUT2D eigenvalue weighted by atomic mass is 9.46. The molecule has 0 atom stereocenters. The monoisotopic (exact) mass is 427 g/mol. The van der Waals surface area contributed by atoms with E-state index in [-0.39, 0.29) is 18.3 Å². The summed E-state index contributed by atoms with van der Waals surface area (Å²) in [7, 11) is -0.334. The second-order valence-electron chi connectivity index (χ2n) is 12.4. The number of hydrogen-bond acceptors (Lipinski definition) is 2. The first-order chi connectivity index (χ1) is 15.2. The minimum Gasteiger partial charge on any atom is -0.399 e. The van der Waals surface area contributed by atoms with Crippen molar-refractivity contribution in [2.45, 2.75) is 82.8 Å². The van der Waals surface area contributed by atoms with Gasteiger partial charge < -0.3 is 14.3 Å². The lowest BCUT2D eigenvalue weighted by molar-refractivity contribution is -0.00480. The fraction of sp³-hybridized carbons (Fsp3) is 0.571. The second kappa shape index (κ2) is 6.21. The first-order valence-corrected chi connectivity index (χ1v) is 12.6. The summed E-state index contributed by atoms with van der Waals surface area (Å²) in [5.41, 5.74) is 4.81. The Morgan fingerprint density at radius 2 is 1.38 bits per heavy atom. The van der Waals surface area contributed by atoms with E-state index in [1.54, 1.807) is 0 Å². The maximum absolute atomic E-state index is 6.72. The molecule has 4 saturated carbocycles. The highest BCUT2D eigenvalue weighted by atomic mass is 16.7. The summed E-state index contributed by atoms with van der Waals surface area (Å²) in [6, 6.07) is 13.5. The molecule has 1 saturated heterocycles. The molecular weight excluding hydrogens is 393 g/mol. The Morgan fingerprint density at radius 3 is 2.00 bits per heavy atom. The van der Waals surface area contributed by atoms with E-state index >= 15 is 0 Å². The number of fused-ring (bicyclic) bond motifs is 3. The van der Waals surface area contributed by atoms with Crippen LogP contribution in [0.1, 0.15) is 71.8 Å². The van der Waals surface area contributed by atoms with Gasteiger partial charge in [-0.05, 0) is 101 Å². The fourth-order valence-corrected chi connectivity index (χ4v) is 8.05. The van der Waals surface area contributed by atoms with Gasteiger partial charge in [0.05, 0.1) is 11.2 Å². The van der Waals surface area contributed by atoms with Crippen molar-refractivity contribution in [3.63, 3.8) is 0 Å². The molecule has 1 aliphatic heterocycles. The van der Waals surface area contributed by atoms with Gasteiger partial charge in [0, 0.05) is 27.3 Å². The maximum Gasteiger partial charge on any atom is 0.497 e. The van der Waals surface area contributed by atoms with Crippen LogP contribution >= 0.6 is 0 Å². The number of H-pyrrole nitrogens is 1. The minimum absolute atomic E-state index is 0.291. The Morgan fingerprint density at radius 1 is 0.781 bits per heavy atom. The van der Waals surface area contributed by atoms with Gasteiger partial charge in [-0.25, -0.2) is 0 Å². The Balaban J connectivity index is 1.48. The summed E-state index contributed by atoms with van der Waals surface area (Å²) in [6.45, 7) is 8.68. The SMILES string of the molecule is CC1(C)OB(c2c(C34CC5CC(CC(C5)C3)C4)ccc3c2[nH]c2ccccc23)OC1(C)C. The van der Waals surface area contributed by atoms with Gasteiger partial charge >= 0.3 is 7.12 Å². The van der Waals surface area contributed by atoms with Crippen LogP contribution in [-0.4, -0.2) is 23.3 Å².